The summed E-state index contributed by atoms with van der Waals surface area (Å²) in [6, 6.07) is 20.3. The summed E-state index contributed by atoms with van der Waals surface area (Å²) in [6.45, 7) is 3.60. The first kappa shape index (κ1) is 22.9. The van der Waals surface area contributed by atoms with Crippen LogP contribution in [0.1, 0.15) is 38.2 Å². The van der Waals surface area contributed by atoms with E-state index in [4.69, 9.17) is 5.10 Å². The molecule has 168 valence electrons. The molecule has 1 saturated heterocycles. The molecule has 5 nitrogen and oxygen atoms in total. The summed E-state index contributed by atoms with van der Waals surface area (Å²) in [5.41, 5.74) is 3.55. The molecule has 0 bridgehead atoms. The van der Waals surface area contributed by atoms with Gasteiger partial charge in [0.25, 0.3) is 5.91 Å². The average Bonchev–Trinajstić information content (AvgIpc) is 3.31. The van der Waals surface area contributed by atoms with E-state index in [1.165, 1.54) is 4.90 Å². The predicted octanol–water partition coefficient (Wildman–Crippen LogP) is 5.96. The average molecular weight is 457 g/mol. The molecular weight excluding hydrogens is 428 g/mol. The number of aromatic nitrogens is 2. The number of carbonyl (C=O) groups is 1. The van der Waals surface area contributed by atoms with Crippen LogP contribution in [0.2, 0.25) is 0 Å². The third-order valence-electron chi connectivity index (χ3n) is 5.66. The summed E-state index contributed by atoms with van der Waals surface area (Å²) in [6.07, 6.45) is 7.83. The summed E-state index contributed by atoms with van der Waals surface area (Å²) in [5, 5.41) is 14.6. The normalized spacial score (nSPS) is 14.2. The van der Waals surface area contributed by atoms with E-state index in [1.807, 2.05) is 48.3 Å². The lowest BCUT2D eigenvalue weighted by Gasteiger charge is -2.26. The Morgan fingerprint density at radius 3 is 2.48 bits per heavy atom. The number of piperidine rings is 1. The largest absolute Gasteiger partial charge is 0.338 e. The molecule has 1 fully saturated rings. The van der Waals surface area contributed by atoms with Crippen molar-refractivity contribution in [1.29, 1.82) is 5.26 Å². The number of para-hydroxylation sites is 1. The van der Waals surface area contributed by atoms with Gasteiger partial charge in [-0.15, -0.1) is 11.8 Å². The van der Waals surface area contributed by atoms with Crippen molar-refractivity contribution in [3.05, 3.63) is 71.9 Å². The number of thioether (sulfide) groups is 1. The minimum absolute atomic E-state index is 0.154. The van der Waals surface area contributed by atoms with E-state index < -0.39 is 0 Å². The summed E-state index contributed by atoms with van der Waals surface area (Å²) in [7, 11) is 0. The number of hydrogen-bond acceptors (Lipinski definition) is 4. The minimum atomic E-state index is -0.193. The molecule has 0 N–H and O–H groups in total. The SMILES string of the molecule is CCCSc1ccc(-c2nn(-c3ccccc3)cc2/C=C(/C#N)C(=O)N2CCCCC2)cc1. The lowest BCUT2D eigenvalue weighted by atomic mass is 10.0. The second-order valence-electron chi connectivity index (χ2n) is 8.11. The van der Waals surface area contributed by atoms with Gasteiger partial charge in [-0.1, -0.05) is 37.3 Å². The topological polar surface area (TPSA) is 61.9 Å². The van der Waals surface area contributed by atoms with Gasteiger partial charge in [0.2, 0.25) is 0 Å². The maximum absolute atomic E-state index is 13.0. The first-order valence-corrected chi connectivity index (χ1v) is 12.5. The number of amides is 1. The van der Waals surface area contributed by atoms with Crippen LogP contribution < -0.4 is 0 Å². The Bertz CT molecular complexity index is 1150. The minimum Gasteiger partial charge on any atom is -0.338 e. The van der Waals surface area contributed by atoms with Gasteiger partial charge in [0, 0.05) is 35.3 Å². The lowest BCUT2D eigenvalue weighted by Crippen LogP contribution is -2.36. The molecule has 0 spiro atoms. The Kier molecular flexibility index (Phi) is 7.64. The van der Waals surface area contributed by atoms with Crippen molar-refractivity contribution < 1.29 is 4.79 Å². The van der Waals surface area contributed by atoms with Gasteiger partial charge in [-0.25, -0.2) is 4.68 Å². The van der Waals surface area contributed by atoms with Gasteiger partial charge >= 0.3 is 0 Å². The number of carbonyl (C=O) groups excluding carboxylic acids is 1. The molecule has 0 unspecified atom stereocenters. The molecule has 1 amide bonds. The van der Waals surface area contributed by atoms with E-state index in [0.29, 0.717) is 13.1 Å². The number of likely N-dealkylation sites (tertiary alicyclic amines) is 1. The zero-order valence-corrected chi connectivity index (χ0v) is 19.7. The molecule has 1 aliphatic rings. The van der Waals surface area contributed by atoms with Gasteiger partial charge in [-0.05, 0) is 61.8 Å². The number of benzene rings is 2. The maximum atomic E-state index is 13.0. The zero-order chi connectivity index (χ0) is 23.0. The molecule has 1 aliphatic heterocycles. The van der Waals surface area contributed by atoms with Crippen LogP contribution in [0.5, 0.6) is 0 Å². The van der Waals surface area contributed by atoms with Crippen LogP contribution in [0, 0.1) is 11.3 Å². The standard InChI is InChI=1S/C27H28N4OS/c1-2-17-33-25-13-11-21(12-14-25)26-23(20-31(29-26)24-9-5-3-6-10-24)18-22(19-28)27(32)30-15-7-4-8-16-30/h3,5-6,9-14,18,20H,2,4,7-8,15-17H2,1H3/b22-18-. The highest BCUT2D eigenvalue weighted by Gasteiger charge is 2.21. The summed E-state index contributed by atoms with van der Waals surface area (Å²) < 4.78 is 1.81. The molecule has 2 aromatic carbocycles. The molecule has 4 rings (SSSR count). The van der Waals surface area contributed by atoms with E-state index in [0.717, 1.165) is 53.9 Å². The Balaban J connectivity index is 1.72. The molecule has 0 saturated carbocycles. The van der Waals surface area contributed by atoms with Gasteiger partial charge in [0.1, 0.15) is 11.6 Å². The first-order chi connectivity index (χ1) is 16.2. The molecule has 0 aliphatic carbocycles. The van der Waals surface area contributed by atoms with E-state index in [2.05, 4.69) is 37.3 Å². The van der Waals surface area contributed by atoms with Crippen molar-refractivity contribution in [2.24, 2.45) is 0 Å². The quantitative estimate of drug-likeness (QED) is 0.250. The fourth-order valence-corrected chi connectivity index (χ4v) is 4.69. The van der Waals surface area contributed by atoms with Crippen molar-refractivity contribution in [3.8, 4) is 23.0 Å². The zero-order valence-electron chi connectivity index (χ0n) is 18.9. The fourth-order valence-electron chi connectivity index (χ4n) is 3.92. The third-order valence-corrected chi connectivity index (χ3v) is 6.88. The monoisotopic (exact) mass is 456 g/mol. The molecular formula is C27H28N4OS. The molecule has 1 aromatic heterocycles. The summed E-state index contributed by atoms with van der Waals surface area (Å²) in [5.74, 6) is 0.891. The molecule has 33 heavy (non-hydrogen) atoms. The smallest absolute Gasteiger partial charge is 0.264 e. The Hall–Kier alpha value is -3.30. The third kappa shape index (κ3) is 5.55. The molecule has 3 aromatic rings. The van der Waals surface area contributed by atoms with Gasteiger partial charge < -0.3 is 4.90 Å². The van der Waals surface area contributed by atoms with Crippen molar-refractivity contribution in [2.75, 3.05) is 18.8 Å². The summed E-state index contributed by atoms with van der Waals surface area (Å²) in [4.78, 5) is 16.0. The van der Waals surface area contributed by atoms with Gasteiger partial charge in [-0.2, -0.15) is 10.4 Å². The highest BCUT2D eigenvalue weighted by molar-refractivity contribution is 7.99. The van der Waals surface area contributed by atoms with Gasteiger partial charge in [-0.3, -0.25) is 4.79 Å². The highest BCUT2D eigenvalue weighted by atomic mass is 32.2. The van der Waals surface area contributed by atoms with Crippen LogP contribution in [0.3, 0.4) is 0 Å². The number of hydrogen-bond donors (Lipinski definition) is 0. The van der Waals surface area contributed by atoms with Crippen LogP contribution in [-0.2, 0) is 4.79 Å². The fraction of sp³-hybridized carbons (Fsp3) is 0.296. The Morgan fingerprint density at radius 2 is 1.82 bits per heavy atom. The van der Waals surface area contributed by atoms with Crippen LogP contribution in [0.4, 0.5) is 0 Å². The van der Waals surface area contributed by atoms with E-state index in [-0.39, 0.29) is 11.5 Å². The Labute approximate surface area is 199 Å². The number of rotatable bonds is 7. The van der Waals surface area contributed by atoms with Crippen molar-refractivity contribution >= 4 is 23.7 Å². The van der Waals surface area contributed by atoms with E-state index in [1.54, 1.807) is 15.7 Å². The molecule has 0 radical (unpaired) electrons. The summed E-state index contributed by atoms with van der Waals surface area (Å²) >= 11 is 1.83. The number of nitriles is 1. The second-order valence-corrected chi connectivity index (χ2v) is 9.28. The Morgan fingerprint density at radius 1 is 1.09 bits per heavy atom. The van der Waals surface area contributed by atoms with Gasteiger partial charge in [0.15, 0.2) is 0 Å². The molecule has 2 heterocycles. The van der Waals surface area contributed by atoms with Crippen molar-refractivity contribution in [2.45, 2.75) is 37.5 Å². The first-order valence-electron chi connectivity index (χ1n) is 11.5. The molecule has 0 atom stereocenters. The van der Waals surface area contributed by atoms with Crippen LogP contribution in [-0.4, -0.2) is 39.4 Å². The van der Waals surface area contributed by atoms with Crippen LogP contribution in [0.15, 0.2) is 71.3 Å². The maximum Gasteiger partial charge on any atom is 0.264 e. The predicted molar refractivity (Wildman–Crippen MR) is 134 cm³/mol. The van der Waals surface area contributed by atoms with Crippen LogP contribution >= 0.6 is 11.8 Å². The van der Waals surface area contributed by atoms with E-state index in [9.17, 15) is 10.1 Å². The second kappa shape index (κ2) is 11.0. The molecule has 6 heteroatoms. The van der Waals surface area contributed by atoms with Crippen molar-refractivity contribution in [1.82, 2.24) is 14.7 Å². The van der Waals surface area contributed by atoms with Gasteiger partial charge in [0.05, 0.1) is 11.4 Å². The number of nitrogens with zero attached hydrogens (tertiary/aromatic N) is 4. The van der Waals surface area contributed by atoms with Crippen molar-refractivity contribution in [3.63, 3.8) is 0 Å². The van der Waals surface area contributed by atoms with Crippen LogP contribution in [0.25, 0.3) is 23.0 Å². The highest BCUT2D eigenvalue weighted by Crippen LogP contribution is 2.29. The van der Waals surface area contributed by atoms with E-state index >= 15 is 0 Å². The lowest BCUT2D eigenvalue weighted by molar-refractivity contribution is -0.127.